The van der Waals surface area contributed by atoms with E-state index in [0.717, 1.165) is 39.2 Å². The Labute approximate surface area is 139 Å². The van der Waals surface area contributed by atoms with E-state index >= 15 is 0 Å². The van der Waals surface area contributed by atoms with Gasteiger partial charge < -0.3 is 20.4 Å². The van der Waals surface area contributed by atoms with Crippen LogP contribution in [0.2, 0.25) is 0 Å². The van der Waals surface area contributed by atoms with Gasteiger partial charge in [-0.15, -0.1) is 0 Å². The highest BCUT2D eigenvalue weighted by Gasteiger charge is 2.22. The van der Waals surface area contributed by atoms with Crippen molar-refractivity contribution in [3.8, 4) is 16.9 Å². The fraction of sp³-hybridized carbons (Fsp3) is 0.158. The molecule has 0 saturated carbocycles. The molecule has 1 aliphatic heterocycles. The molecule has 2 aromatic carbocycles. The van der Waals surface area contributed by atoms with Crippen molar-refractivity contribution in [2.24, 2.45) is 0 Å². The van der Waals surface area contributed by atoms with E-state index < -0.39 is 0 Å². The van der Waals surface area contributed by atoms with Gasteiger partial charge in [-0.3, -0.25) is 0 Å². The maximum atomic E-state index is 13.3. The van der Waals surface area contributed by atoms with Crippen molar-refractivity contribution in [1.82, 2.24) is 10.3 Å². The van der Waals surface area contributed by atoms with Crippen LogP contribution >= 0.6 is 0 Å². The number of halogens is 1. The van der Waals surface area contributed by atoms with Crippen molar-refractivity contribution in [3.05, 3.63) is 60.7 Å². The van der Waals surface area contributed by atoms with E-state index in [2.05, 4.69) is 28.3 Å². The smallest absolute Gasteiger partial charge is 0.187 e. The quantitative estimate of drug-likeness (QED) is 0.673. The molecular weight excluding hydrogens is 305 g/mol. The van der Waals surface area contributed by atoms with Gasteiger partial charge >= 0.3 is 0 Å². The van der Waals surface area contributed by atoms with Crippen molar-refractivity contribution in [2.45, 2.75) is 13.2 Å². The molecule has 4 nitrogen and oxygen atoms in total. The summed E-state index contributed by atoms with van der Waals surface area (Å²) in [5, 5.41) is 7.52. The van der Waals surface area contributed by atoms with E-state index in [9.17, 15) is 4.39 Å². The van der Waals surface area contributed by atoms with E-state index in [-0.39, 0.29) is 12.0 Å². The molecule has 0 spiro atoms. The first-order valence-corrected chi connectivity index (χ1v) is 7.84. The van der Waals surface area contributed by atoms with Crippen molar-refractivity contribution in [3.63, 3.8) is 0 Å². The van der Waals surface area contributed by atoms with Gasteiger partial charge in [0, 0.05) is 28.4 Å². The molecule has 1 unspecified atom stereocenters. The Kier molecular flexibility index (Phi) is 3.41. The van der Waals surface area contributed by atoms with Gasteiger partial charge in [0.05, 0.1) is 12.2 Å². The topological polar surface area (TPSA) is 49.1 Å². The Hall–Kier alpha value is -2.95. The Bertz CT molecular complexity index is 932. The summed E-state index contributed by atoms with van der Waals surface area (Å²) in [6.07, 6.45) is 1.78. The third-order valence-corrected chi connectivity index (χ3v) is 4.11. The number of anilines is 1. The Morgan fingerprint density at radius 3 is 3.00 bits per heavy atom. The molecule has 3 N–H and O–H groups in total. The molecule has 24 heavy (non-hydrogen) atoms. The normalized spacial score (nSPS) is 15.7. The van der Waals surface area contributed by atoms with Crippen LogP contribution in [0.15, 0.2) is 54.9 Å². The Morgan fingerprint density at radius 1 is 1.29 bits per heavy atom. The molecule has 3 aromatic rings. The number of aromatic amines is 1. The van der Waals surface area contributed by atoms with E-state index in [1.807, 2.05) is 25.3 Å². The van der Waals surface area contributed by atoms with Gasteiger partial charge in [0.25, 0.3) is 0 Å². The number of benzene rings is 2. The first kappa shape index (κ1) is 14.6. The van der Waals surface area contributed by atoms with Gasteiger partial charge in [-0.25, -0.2) is 4.39 Å². The van der Waals surface area contributed by atoms with Gasteiger partial charge in [-0.05, 0) is 42.8 Å². The number of aromatic nitrogens is 1. The second-order valence-electron chi connectivity index (χ2n) is 6.02. The standard InChI is InChI=1S/C19H18FN3O/c1-11(2)21-10-19-23-17-7-12(3-6-18(17)24-19)15-9-22-16-8-13(20)4-5-14(15)16/h3-9,19,21-23H,1,10H2,2H3. The fourth-order valence-electron chi connectivity index (χ4n) is 2.97. The average molecular weight is 323 g/mol. The van der Waals surface area contributed by atoms with Crippen LogP contribution in [0.25, 0.3) is 22.0 Å². The molecule has 0 amide bonds. The minimum absolute atomic E-state index is 0.121. The number of rotatable bonds is 4. The molecule has 0 aliphatic carbocycles. The number of hydrogen-bond acceptors (Lipinski definition) is 3. The number of fused-ring (bicyclic) bond motifs is 2. The Balaban J connectivity index is 1.63. The third-order valence-electron chi connectivity index (χ3n) is 4.11. The zero-order valence-corrected chi connectivity index (χ0v) is 13.3. The predicted molar refractivity (Wildman–Crippen MR) is 94.5 cm³/mol. The van der Waals surface area contributed by atoms with Crippen molar-refractivity contribution in [1.29, 1.82) is 0 Å². The summed E-state index contributed by atoms with van der Waals surface area (Å²) in [6.45, 7) is 6.38. The molecule has 0 bridgehead atoms. The maximum Gasteiger partial charge on any atom is 0.187 e. The largest absolute Gasteiger partial charge is 0.467 e. The van der Waals surface area contributed by atoms with E-state index in [4.69, 9.17) is 4.74 Å². The molecule has 1 aliphatic rings. The van der Waals surface area contributed by atoms with E-state index in [1.54, 1.807) is 6.07 Å². The van der Waals surface area contributed by atoms with Gasteiger partial charge in [-0.2, -0.15) is 0 Å². The lowest BCUT2D eigenvalue weighted by atomic mass is 10.0. The lowest BCUT2D eigenvalue weighted by Crippen LogP contribution is -2.32. The molecule has 1 atom stereocenters. The van der Waals surface area contributed by atoms with Crippen LogP contribution in [0.1, 0.15) is 6.92 Å². The zero-order valence-electron chi connectivity index (χ0n) is 13.3. The summed E-state index contributed by atoms with van der Waals surface area (Å²) in [7, 11) is 0. The highest BCUT2D eigenvalue weighted by molar-refractivity contribution is 5.96. The lowest BCUT2D eigenvalue weighted by molar-refractivity contribution is 0.252. The minimum atomic E-state index is -0.243. The van der Waals surface area contributed by atoms with Gasteiger partial charge in [0.2, 0.25) is 0 Å². The van der Waals surface area contributed by atoms with Gasteiger partial charge in [0.15, 0.2) is 6.23 Å². The summed E-state index contributed by atoms with van der Waals surface area (Å²) < 4.78 is 19.2. The molecule has 0 radical (unpaired) electrons. The van der Waals surface area contributed by atoms with Crippen LogP contribution in [0.3, 0.4) is 0 Å². The monoisotopic (exact) mass is 323 g/mol. The summed E-state index contributed by atoms with van der Waals surface area (Å²) >= 11 is 0. The number of ether oxygens (including phenoxy) is 1. The molecule has 0 saturated heterocycles. The minimum Gasteiger partial charge on any atom is -0.467 e. The number of H-pyrrole nitrogens is 1. The molecule has 122 valence electrons. The van der Waals surface area contributed by atoms with Crippen LogP contribution in [-0.2, 0) is 0 Å². The summed E-state index contributed by atoms with van der Waals surface area (Å²) in [5.74, 6) is 0.589. The van der Waals surface area contributed by atoms with Crippen molar-refractivity contribution < 1.29 is 9.13 Å². The van der Waals surface area contributed by atoms with E-state index in [1.165, 1.54) is 12.1 Å². The van der Waals surface area contributed by atoms with E-state index in [0.29, 0.717) is 6.54 Å². The highest BCUT2D eigenvalue weighted by atomic mass is 19.1. The number of hydrogen-bond donors (Lipinski definition) is 3. The van der Waals surface area contributed by atoms with Gasteiger partial charge in [-0.1, -0.05) is 12.6 Å². The first-order chi connectivity index (χ1) is 11.6. The first-order valence-electron chi connectivity index (χ1n) is 7.84. The third kappa shape index (κ3) is 2.58. The van der Waals surface area contributed by atoms with Crippen LogP contribution in [-0.4, -0.2) is 17.8 Å². The molecule has 2 heterocycles. The lowest BCUT2D eigenvalue weighted by Gasteiger charge is -2.12. The predicted octanol–water partition coefficient (Wildman–Crippen LogP) is 4.23. The second-order valence-corrected chi connectivity index (χ2v) is 6.02. The molecular formula is C19H18FN3O. The van der Waals surface area contributed by atoms with Crippen molar-refractivity contribution in [2.75, 3.05) is 11.9 Å². The second kappa shape index (κ2) is 5.60. The van der Waals surface area contributed by atoms with Gasteiger partial charge in [0.1, 0.15) is 11.6 Å². The maximum absolute atomic E-state index is 13.3. The Morgan fingerprint density at radius 2 is 2.17 bits per heavy atom. The SMILES string of the molecule is C=C(C)NCC1Nc2cc(-c3c[nH]c4cc(F)ccc34)ccc2O1. The molecule has 0 fully saturated rings. The molecule has 4 rings (SSSR count). The van der Waals surface area contributed by atoms with Crippen LogP contribution in [0.4, 0.5) is 10.1 Å². The van der Waals surface area contributed by atoms with Crippen LogP contribution < -0.4 is 15.4 Å². The number of nitrogens with one attached hydrogen (secondary N) is 3. The molecule has 1 aromatic heterocycles. The summed E-state index contributed by atoms with van der Waals surface area (Å²) in [6, 6.07) is 10.8. The number of allylic oxidation sites excluding steroid dienone is 1. The van der Waals surface area contributed by atoms with Crippen LogP contribution in [0, 0.1) is 5.82 Å². The zero-order chi connectivity index (χ0) is 16.7. The summed E-state index contributed by atoms with van der Waals surface area (Å²) in [4.78, 5) is 3.13. The highest BCUT2D eigenvalue weighted by Crippen LogP contribution is 2.37. The molecule has 5 heteroatoms. The summed E-state index contributed by atoms with van der Waals surface area (Å²) in [5.41, 5.74) is 4.74. The van der Waals surface area contributed by atoms with Crippen LogP contribution in [0.5, 0.6) is 5.75 Å². The van der Waals surface area contributed by atoms with Crippen molar-refractivity contribution >= 4 is 16.6 Å². The fourth-order valence-corrected chi connectivity index (χ4v) is 2.97. The average Bonchev–Trinajstić information content (AvgIpc) is 3.14.